The first-order valence-corrected chi connectivity index (χ1v) is 8.15. The van der Waals surface area contributed by atoms with Gasteiger partial charge in [0.1, 0.15) is 13.2 Å². The van der Waals surface area contributed by atoms with Gasteiger partial charge in [0.2, 0.25) is 0 Å². The van der Waals surface area contributed by atoms with Gasteiger partial charge in [-0.15, -0.1) is 0 Å². The van der Waals surface area contributed by atoms with E-state index < -0.39 is 0 Å². The number of hydrogen-bond donors (Lipinski definition) is 0. The van der Waals surface area contributed by atoms with Gasteiger partial charge in [-0.1, -0.05) is 0 Å². The molecule has 2 aliphatic heterocycles. The summed E-state index contributed by atoms with van der Waals surface area (Å²) in [6.45, 7) is 4.17. The summed E-state index contributed by atoms with van der Waals surface area (Å²) < 4.78 is 11.2. The molecule has 4 rings (SSSR count). The minimum absolute atomic E-state index is 0.0462. The number of anilines is 1. The van der Waals surface area contributed by atoms with Gasteiger partial charge >= 0.3 is 0 Å². The predicted octanol–water partition coefficient (Wildman–Crippen LogP) is 1.82. The average molecular weight is 325 g/mol. The molecule has 1 saturated heterocycles. The fourth-order valence-corrected chi connectivity index (χ4v) is 3.07. The summed E-state index contributed by atoms with van der Waals surface area (Å²) in [5.41, 5.74) is 1.75. The van der Waals surface area contributed by atoms with E-state index in [1.807, 2.05) is 29.2 Å². The first-order chi connectivity index (χ1) is 11.8. The molecule has 1 aromatic carbocycles. The number of carbonyl (C=O) groups is 1. The molecule has 2 aromatic rings. The van der Waals surface area contributed by atoms with E-state index in [1.54, 1.807) is 18.5 Å². The lowest BCUT2D eigenvalue weighted by Crippen LogP contribution is -2.48. The van der Waals surface area contributed by atoms with Crippen LogP contribution in [-0.4, -0.2) is 55.2 Å². The smallest absolute Gasteiger partial charge is 0.255 e. The Labute approximate surface area is 140 Å². The fraction of sp³-hybridized carbons (Fsp3) is 0.333. The van der Waals surface area contributed by atoms with Crippen LogP contribution in [0, 0.1) is 0 Å². The standard InChI is InChI=1S/C18H19N3O3/c22-18(14-2-1-5-19-13-14)21-8-6-20(7-9-21)15-3-4-16-17(12-15)24-11-10-23-16/h1-5,12-13H,6-11H2. The molecule has 124 valence electrons. The molecule has 6 heteroatoms. The van der Waals surface area contributed by atoms with E-state index in [2.05, 4.69) is 9.88 Å². The van der Waals surface area contributed by atoms with Crippen molar-refractivity contribution in [3.05, 3.63) is 48.3 Å². The van der Waals surface area contributed by atoms with Crippen LogP contribution in [0.3, 0.4) is 0 Å². The quantitative estimate of drug-likeness (QED) is 0.843. The molecule has 0 unspecified atom stereocenters. The zero-order valence-corrected chi connectivity index (χ0v) is 13.4. The Morgan fingerprint density at radius 3 is 2.54 bits per heavy atom. The topological polar surface area (TPSA) is 54.9 Å². The number of piperazine rings is 1. The number of fused-ring (bicyclic) bond motifs is 1. The van der Waals surface area contributed by atoms with E-state index >= 15 is 0 Å². The summed E-state index contributed by atoms with van der Waals surface area (Å²) in [7, 11) is 0. The van der Waals surface area contributed by atoms with Crippen molar-refractivity contribution in [3.8, 4) is 11.5 Å². The Morgan fingerprint density at radius 1 is 1.00 bits per heavy atom. The highest BCUT2D eigenvalue weighted by Gasteiger charge is 2.23. The van der Waals surface area contributed by atoms with Gasteiger partial charge in [-0.3, -0.25) is 9.78 Å². The van der Waals surface area contributed by atoms with E-state index in [0.717, 1.165) is 30.3 Å². The van der Waals surface area contributed by atoms with Crippen LogP contribution >= 0.6 is 0 Å². The first-order valence-electron chi connectivity index (χ1n) is 8.15. The average Bonchev–Trinajstić information content (AvgIpc) is 2.68. The summed E-state index contributed by atoms with van der Waals surface area (Å²) in [6.07, 6.45) is 3.30. The molecule has 2 aliphatic rings. The van der Waals surface area contributed by atoms with Crippen molar-refractivity contribution in [1.29, 1.82) is 0 Å². The summed E-state index contributed by atoms with van der Waals surface area (Å²) in [6, 6.07) is 9.62. The van der Waals surface area contributed by atoms with Gasteiger partial charge in [-0.25, -0.2) is 0 Å². The van der Waals surface area contributed by atoms with Gasteiger partial charge in [0.15, 0.2) is 11.5 Å². The Bertz CT molecular complexity index is 728. The maximum absolute atomic E-state index is 12.5. The molecule has 1 amide bonds. The zero-order chi connectivity index (χ0) is 16.4. The molecular formula is C18H19N3O3. The summed E-state index contributed by atoms with van der Waals surface area (Å²) >= 11 is 0. The Morgan fingerprint density at radius 2 is 1.79 bits per heavy atom. The maximum Gasteiger partial charge on any atom is 0.255 e. The van der Waals surface area contributed by atoms with Crippen LogP contribution in [-0.2, 0) is 0 Å². The highest BCUT2D eigenvalue weighted by Crippen LogP contribution is 2.34. The molecule has 1 fully saturated rings. The van der Waals surface area contributed by atoms with Gasteiger partial charge < -0.3 is 19.3 Å². The number of pyridine rings is 1. The fourth-order valence-electron chi connectivity index (χ4n) is 3.07. The predicted molar refractivity (Wildman–Crippen MR) is 89.8 cm³/mol. The Hall–Kier alpha value is -2.76. The number of ether oxygens (including phenoxy) is 2. The van der Waals surface area contributed by atoms with E-state index in [9.17, 15) is 4.79 Å². The Kier molecular flexibility index (Phi) is 3.94. The van der Waals surface area contributed by atoms with Crippen LogP contribution in [0.5, 0.6) is 11.5 Å². The van der Waals surface area contributed by atoms with Crippen molar-refractivity contribution in [2.75, 3.05) is 44.3 Å². The van der Waals surface area contributed by atoms with Crippen LogP contribution in [0.25, 0.3) is 0 Å². The summed E-state index contributed by atoms with van der Waals surface area (Å²) in [5.74, 6) is 1.65. The van der Waals surface area contributed by atoms with Crippen LogP contribution in [0.4, 0.5) is 5.69 Å². The molecule has 0 N–H and O–H groups in total. The molecular weight excluding hydrogens is 306 g/mol. The molecule has 0 bridgehead atoms. The molecule has 6 nitrogen and oxygen atoms in total. The van der Waals surface area contributed by atoms with Gasteiger partial charge in [0, 0.05) is 50.3 Å². The zero-order valence-electron chi connectivity index (χ0n) is 13.4. The Balaban J connectivity index is 1.42. The second-order valence-corrected chi connectivity index (χ2v) is 5.85. The van der Waals surface area contributed by atoms with Crippen LogP contribution in [0.2, 0.25) is 0 Å². The molecule has 0 atom stereocenters. The molecule has 3 heterocycles. The third-order valence-corrected chi connectivity index (χ3v) is 4.37. The number of amides is 1. The van der Waals surface area contributed by atoms with E-state index in [0.29, 0.717) is 31.9 Å². The van der Waals surface area contributed by atoms with E-state index in [1.165, 1.54) is 0 Å². The number of nitrogens with zero attached hydrogens (tertiary/aromatic N) is 3. The van der Waals surface area contributed by atoms with Crippen molar-refractivity contribution >= 4 is 11.6 Å². The van der Waals surface area contributed by atoms with Crippen molar-refractivity contribution in [1.82, 2.24) is 9.88 Å². The highest BCUT2D eigenvalue weighted by molar-refractivity contribution is 5.94. The largest absolute Gasteiger partial charge is 0.486 e. The van der Waals surface area contributed by atoms with Crippen LogP contribution in [0.1, 0.15) is 10.4 Å². The normalized spacial score (nSPS) is 16.8. The highest BCUT2D eigenvalue weighted by atomic mass is 16.6. The van der Waals surface area contributed by atoms with Gasteiger partial charge in [-0.05, 0) is 24.3 Å². The minimum Gasteiger partial charge on any atom is -0.486 e. The third-order valence-electron chi connectivity index (χ3n) is 4.37. The van der Waals surface area contributed by atoms with Gasteiger partial charge in [0.25, 0.3) is 5.91 Å². The maximum atomic E-state index is 12.5. The lowest BCUT2D eigenvalue weighted by molar-refractivity contribution is 0.0746. The molecule has 1 aromatic heterocycles. The van der Waals surface area contributed by atoms with Crippen LogP contribution < -0.4 is 14.4 Å². The SMILES string of the molecule is O=C(c1cccnc1)N1CCN(c2ccc3c(c2)OCCO3)CC1. The first kappa shape index (κ1) is 14.8. The monoisotopic (exact) mass is 325 g/mol. The van der Waals surface area contributed by atoms with Crippen molar-refractivity contribution < 1.29 is 14.3 Å². The lowest BCUT2D eigenvalue weighted by atomic mass is 10.2. The van der Waals surface area contributed by atoms with E-state index in [4.69, 9.17) is 9.47 Å². The van der Waals surface area contributed by atoms with Gasteiger partial charge in [-0.2, -0.15) is 0 Å². The summed E-state index contributed by atoms with van der Waals surface area (Å²) in [5, 5.41) is 0. The molecule has 0 spiro atoms. The van der Waals surface area contributed by atoms with Crippen molar-refractivity contribution in [2.24, 2.45) is 0 Å². The molecule has 0 radical (unpaired) electrons. The van der Waals surface area contributed by atoms with Crippen molar-refractivity contribution in [2.45, 2.75) is 0 Å². The molecule has 0 aliphatic carbocycles. The van der Waals surface area contributed by atoms with Crippen molar-refractivity contribution in [3.63, 3.8) is 0 Å². The number of hydrogen-bond acceptors (Lipinski definition) is 5. The summed E-state index contributed by atoms with van der Waals surface area (Å²) in [4.78, 5) is 20.6. The number of rotatable bonds is 2. The number of benzene rings is 1. The molecule has 0 saturated carbocycles. The van der Waals surface area contributed by atoms with E-state index in [-0.39, 0.29) is 5.91 Å². The van der Waals surface area contributed by atoms with Gasteiger partial charge in [0.05, 0.1) is 5.56 Å². The number of aromatic nitrogens is 1. The third kappa shape index (κ3) is 2.87. The second-order valence-electron chi connectivity index (χ2n) is 5.85. The number of carbonyl (C=O) groups excluding carboxylic acids is 1. The van der Waals surface area contributed by atoms with Crippen LogP contribution in [0.15, 0.2) is 42.7 Å². The minimum atomic E-state index is 0.0462. The molecule has 24 heavy (non-hydrogen) atoms. The lowest BCUT2D eigenvalue weighted by Gasteiger charge is -2.36. The second kappa shape index (κ2) is 6.39.